The second-order valence-electron chi connectivity index (χ2n) is 3.48. The molecule has 5 nitrogen and oxygen atoms in total. The summed E-state index contributed by atoms with van der Waals surface area (Å²) in [6.07, 6.45) is 3.14. The number of nitrogens with zero attached hydrogens (tertiary/aromatic N) is 2. The van der Waals surface area contributed by atoms with Crippen LogP contribution in [-0.4, -0.2) is 16.8 Å². The Balaban J connectivity index is 2.33. The summed E-state index contributed by atoms with van der Waals surface area (Å²) in [5.74, 6) is 0. The first-order valence-corrected chi connectivity index (χ1v) is 5.62. The van der Waals surface area contributed by atoms with Gasteiger partial charge in [-0.05, 0) is 14.0 Å². The summed E-state index contributed by atoms with van der Waals surface area (Å²) in [6, 6.07) is 0. The van der Waals surface area contributed by atoms with Gasteiger partial charge >= 0.3 is 0 Å². The fourth-order valence-electron chi connectivity index (χ4n) is 1.70. The van der Waals surface area contributed by atoms with Crippen LogP contribution in [0.4, 0.5) is 0 Å². The first-order chi connectivity index (χ1) is 7.77. The summed E-state index contributed by atoms with van der Waals surface area (Å²) >= 11 is 6.30. The van der Waals surface area contributed by atoms with Crippen molar-refractivity contribution < 1.29 is 4.74 Å². The predicted molar refractivity (Wildman–Crippen MR) is 61.8 cm³/mol. The van der Waals surface area contributed by atoms with E-state index in [1.807, 2.05) is 18.7 Å². The Morgan fingerprint density at radius 2 is 2.50 bits per heavy atom. The first kappa shape index (κ1) is 11.3. The topological polar surface area (TPSA) is 51.1 Å². The second-order valence-corrected chi connectivity index (χ2v) is 3.86. The highest BCUT2D eigenvalue weighted by atomic mass is 35.5. The zero-order valence-electron chi connectivity index (χ0n) is 9.33. The van der Waals surface area contributed by atoms with Crippen molar-refractivity contribution in [2.75, 3.05) is 7.05 Å². The van der Waals surface area contributed by atoms with Gasteiger partial charge in [0.2, 0.25) is 6.23 Å². The smallest absolute Gasteiger partial charge is 0.213 e. The van der Waals surface area contributed by atoms with Crippen LogP contribution in [0.2, 0.25) is 5.02 Å². The second kappa shape index (κ2) is 4.76. The van der Waals surface area contributed by atoms with Crippen LogP contribution in [0, 0.1) is 0 Å². The van der Waals surface area contributed by atoms with E-state index in [9.17, 15) is 0 Å². The fourth-order valence-corrected chi connectivity index (χ4v) is 2.00. The molecular formula is C10H15ClN4O. The van der Waals surface area contributed by atoms with E-state index in [4.69, 9.17) is 16.3 Å². The maximum Gasteiger partial charge on any atom is 0.213 e. The molecule has 88 valence electrons. The van der Waals surface area contributed by atoms with Crippen molar-refractivity contribution in [3.05, 3.63) is 28.9 Å². The normalized spacial score (nSPS) is 18.6. The van der Waals surface area contributed by atoms with Gasteiger partial charge in [0.15, 0.2) is 0 Å². The van der Waals surface area contributed by atoms with Crippen LogP contribution in [0.5, 0.6) is 0 Å². The van der Waals surface area contributed by atoms with E-state index in [-0.39, 0.29) is 6.23 Å². The van der Waals surface area contributed by atoms with Crippen molar-refractivity contribution in [3.8, 4) is 0 Å². The lowest BCUT2D eigenvalue weighted by molar-refractivity contribution is 0.145. The number of aryl methyl sites for hydroxylation is 1. The van der Waals surface area contributed by atoms with Crippen LogP contribution >= 0.6 is 11.6 Å². The highest BCUT2D eigenvalue weighted by Crippen LogP contribution is 2.29. The number of hydrogen-bond acceptors (Lipinski definition) is 4. The number of ether oxygens (including phenoxy) is 1. The molecule has 1 aliphatic heterocycles. The van der Waals surface area contributed by atoms with E-state index >= 15 is 0 Å². The molecule has 2 heterocycles. The third-order valence-corrected chi connectivity index (χ3v) is 2.83. The van der Waals surface area contributed by atoms with Crippen LogP contribution in [0.1, 0.15) is 24.5 Å². The van der Waals surface area contributed by atoms with Crippen LogP contribution in [0.3, 0.4) is 0 Å². The van der Waals surface area contributed by atoms with E-state index in [0.29, 0.717) is 11.6 Å². The molecule has 1 unspecified atom stereocenters. The molecule has 0 aliphatic carbocycles. The van der Waals surface area contributed by atoms with Crippen LogP contribution in [-0.2, 0) is 17.8 Å². The van der Waals surface area contributed by atoms with Crippen molar-refractivity contribution in [2.45, 2.75) is 26.2 Å². The minimum Gasteiger partial charge on any atom is -0.471 e. The van der Waals surface area contributed by atoms with Gasteiger partial charge in [-0.15, -0.1) is 0 Å². The maximum atomic E-state index is 6.30. The molecule has 2 rings (SSSR count). The molecule has 1 atom stereocenters. The molecule has 0 fully saturated rings. The van der Waals surface area contributed by atoms with Gasteiger partial charge in [-0.2, -0.15) is 5.10 Å². The zero-order valence-corrected chi connectivity index (χ0v) is 10.1. The maximum absolute atomic E-state index is 6.30. The lowest BCUT2D eigenvalue weighted by atomic mass is 10.3. The molecular weight excluding hydrogens is 228 g/mol. The van der Waals surface area contributed by atoms with E-state index in [2.05, 4.69) is 15.7 Å². The van der Waals surface area contributed by atoms with E-state index in [0.717, 1.165) is 17.9 Å². The molecule has 2 N–H and O–H groups in total. The molecule has 16 heavy (non-hydrogen) atoms. The summed E-state index contributed by atoms with van der Waals surface area (Å²) in [4.78, 5) is 0. The van der Waals surface area contributed by atoms with Gasteiger partial charge in [0, 0.05) is 19.3 Å². The summed E-state index contributed by atoms with van der Waals surface area (Å²) < 4.78 is 7.26. The number of rotatable bonds is 4. The molecule has 0 aromatic carbocycles. The Morgan fingerprint density at radius 1 is 1.69 bits per heavy atom. The van der Waals surface area contributed by atoms with Gasteiger partial charge in [0.1, 0.15) is 12.0 Å². The molecule has 0 saturated carbocycles. The molecule has 0 radical (unpaired) electrons. The van der Waals surface area contributed by atoms with Crippen molar-refractivity contribution >= 4 is 11.6 Å². The third kappa shape index (κ3) is 1.88. The van der Waals surface area contributed by atoms with Crippen LogP contribution in [0.15, 0.2) is 12.5 Å². The summed E-state index contributed by atoms with van der Waals surface area (Å²) in [6.45, 7) is 3.44. The highest BCUT2D eigenvalue weighted by molar-refractivity contribution is 6.32. The number of hydrogen-bond donors (Lipinski definition) is 2. The van der Waals surface area contributed by atoms with Crippen molar-refractivity contribution in [1.29, 1.82) is 0 Å². The van der Waals surface area contributed by atoms with Gasteiger partial charge in [-0.25, -0.2) is 0 Å². The molecule has 6 heteroatoms. The van der Waals surface area contributed by atoms with Gasteiger partial charge in [-0.3, -0.25) is 4.68 Å². The summed E-state index contributed by atoms with van der Waals surface area (Å²) in [7, 11) is 1.87. The standard InChI is InChI=1S/C10H15ClN4O/c1-3-15-9(10-13-4-5-16-10)8(11)7(14-15)6-12-2/h4-5,10,12-13H,3,6H2,1-2H3. The average molecular weight is 243 g/mol. The number of halogens is 1. The average Bonchev–Trinajstić information content (AvgIpc) is 2.88. The summed E-state index contributed by atoms with van der Waals surface area (Å²) in [5, 5.41) is 11.2. The molecule has 0 bridgehead atoms. The molecule has 0 saturated heterocycles. The predicted octanol–water partition coefficient (Wildman–Crippen LogP) is 1.37. The third-order valence-electron chi connectivity index (χ3n) is 2.42. The van der Waals surface area contributed by atoms with Crippen LogP contribution < -0.4 is 10.6 Å². The van der Waals surface area contributed by atoms with E-state index in [1.165, 1.54) is 0 Å². The number of nitrogens with one attached hydrogen (secondary N) is 2. The van der Waals surface area contributed by atoms with Crippen molar-refractivity contribution in [1.82, 2.24) is 20.4 Å². The Labute approximate surface area is 99.4 Å². The highest BCUT2D eigenvalue weighted by Gasteiger charge is 2.24. The molecule has 0 amide bonds. The minimum atomic E-state index is -0.231. The van der Waals surface area contributed by atoms with E-state index in [1.54, 1.807) is 12.5 Å². The zero-order chi connectivity index (χ0) is 11.5. The van der Waals surface area contributed by atoms with Crippen molar-refractivity contribution in [3.63, 3.8) is 0 Å². The fraction of sp³-hybridized carbons (Fsp3) is 0.500. The minimum absolute atomic E-state index is 0.231. The summed E-state index contributed by atoms with van der Waals surface area (Å²) in [5.41, 5.74) is 1.72. The monoisotopic (exact) mass is 242 g/mol. The van der Waals surface area contributed by atoms with Crippen molar-refractivity contribution in [2.24, 2.45) is 0 Å². The quantitative estimate of drug-likeness (QED) is 0.837. The molecule has 0 spiro atoms. The van der Waals surface area contributed by atoms with Gasteiger partial charge in [0.05, 0.1) is 10.7 Å². The van der Waals surface area contributed by atoms with Crippen LogP contribution in [0.25, 0.3) is 0 Å². The Morgan fingerprint density at radius 3 is 3.06 bits per heavy atom. The van der Waals surface area contributed by atoms with Gasteiger partial charge in [-0.1, -0.05) is 11.6 Å². The van der Waals surface area contributed by atoms with Gasteiger partial charge in [0.25, 0.3) is 0 Å². The number of aromatic nitrogens is 2. The van der Waals surface area contributed by atoms with E-state index < -0.39 is 0 Å². The molecule has 1 aliphatic rings. The first-order valence-electron chi connectivity index (χ1n) is 5.24. The lowest BCUT2D eigenvalue weighted by Crippen LogP contribution is -2.17. The molecule has 1 aromatic rings. The largest absolute Gasteiger partial charge is 0.471 e. The van der Waals surface area contributed by atoms with Gasteiger partial charge < -0.3 is 15.4 Å². The lowest BCUT2D eigenvalue weighted by Gasteiger charge is -2.13. The Hall–Kier alpha value is -1.20. The SMILES string of the molecule is CCn1nc(CNC)c(Cl)c1C1NC=CO1. The molecule has 1 aromatic heterocycles. The Kier molecular flexibility index (Phi) is 3.36. The Bertz CT molecular complexity index is 394.